The number of piperidine rings is 2. The monoisotopic (exact) mass is 1770 g/mol. The van der Waals surface area contributed by atoms with E-state index in [2.05, 4.69) is 304 Å². The summed E-state index contributed by atoms with van der Waals surface area (Å²) in [5, 5.41) is 0. The van der Waals surface area contributed by atoms with Crippen LogP contribution >= 0.6 is 0 Å². The highest BCUT2D eigenvalue weighted by molar-refractivity contribution is 5.06. The maximum absolute atomic E-state index is 6.14. The number of hydrogen-bond acceptors (Lipinski definition) is 10. The number of fused-ring (bicyclic) bond motifs is 1. The van der Waals surface area contributed by atoms with E-state index in [0.717, 1.165) is 108 Å². The van der Waals surface area contributed by atoms with Crippen LogP contribution in [0.5, 0.6) is 0 Å². The van der Waals surface area contributed by atoms with Crippen LogP contribution in [0.15, 0.2) is 0 Å². The van der Waals surface area contributed by atoms with Gasteiger partial charge >= 0.3 is 0 Å². The van der Waals surface area contributed by atoms with Crippen LogP contribution < -0.4 is 0 Å². The van der Waals surface area contributed by atoms with Gasteiger partial charge in [0.15, 0.2) is 6.29 Å². The molecule has 6 saturated carbocycles. The van der Waals surface area contributed by atoms with E-state index in [1.165, 1.54) is 270 Å². The summed E-state index contributed by atoms with van der Waals surface area (Å²) in [5.74, 6) is 5.61. The molecule has 0 aromatic heterocycles. The summed E-state index contributed by atoms with van der Waals surface area (Å²) in [6.07, 6.45) is 54.3. The standard InChI is InChI=1S/C13H25NO.C12H23NO.C11H21NO.C10H18.C9H19N.C8H16O2.C7H14.C6H12.C5H10O.C5H10.5C5H12.C4H8/c1-12(2,3)11-9-13(15-10-11)5-7-14(4)8-6-13;1-11(2,3)10-7-12(14-8-10)5-6-13(4)9-12;1-10(2,3)9-5-11(13-6-9)7-12(4)8-11;1-10(2,3)9-7-5-4-6-8(7)9;1-9(2,3)10-7-5-4-6-8-10;1-8(2,3)7-9-5-4-6-10-7;1-2-4-6-7-5-3-1;2*1-2-4-6-5-3-1;1-2-4-5-3-1;5*1-5(2,3)4;1-2-4-3-1/h11H,5-10H2,1-4H3;10H,5-9H2,1-4H3;9H,5-8H2,1-4H3;7-9H,4-6H2,1-3H3;4-8H2,1-3H3;7H,4-6H2,1-3H3;1-7H2;1-6H2;1-5H2;1-5H2;5*1-4H3;1-4H2. The van der Waals surface area contributed by atoms with Crippen molar-refractivity contribution < 1.29 is 28.4 Å². The van der Waals surface area contributed by atoms with E-state index < -0.39 is 0 Å². The van der Waals surface area contributed by atoms with Gasteiger partial charge in [-0.05, 0) is 229 Å². The van der Waals surface area contributed by atoms with Crippen molar-refractivity contribution in [2.45, 2.75) is 536 Å². The summed E-state index contributed by atoms with van der Waals surface area (Å²) < 4.78 is 34.1. The van der Waals surface area contributed by atoms with Crippen molar-refractivity contribution >= 4 is 0 Å². The van der Waals surface area contributed by atoms with Crippen molar-refractivity contribution in [3.05, 3.63) is 0 Å². The maximum atomic E-state index is 6.14. The largest absolute Gasteiger partial charge is 0.381 e. The highest BCUT2D eigenvalue weighted by Crippen LogP contribution is 2.64. The molecule has 0 bridgehead atoms. The second-order valence-corrected chi connectivity index (χ2v) is 56.4. The van der Waals surface area contributed by atoms with E-state index in [1.54, 1.807) is 0 Å². The molecule has 6 unspecified atom stereocenters. The van der Waals surface area contributed by atoms with Crippen LogP contribution in [-0.2, 0) is 28.4 Å². The van der Waals surface area contributed by atoms with Crippen LogP contribution in [0.4, 0.5) is 0 Å². The van der Waals surface area contributed by atoms with Crippen LogP contribution in [0.3, 0.4) is 0 Å². The number of rotatable bonds is 0. The fourth-order valence-electron chi connectivity index (χ4n) is 17.8. The highest BCUT2D eigenvalue weighted by atomic mass is 16.7. The van der Waals surface area contributed by atoms with Crippen molar-refractivity contribution in [1.82, 2.24) is 19.6 Å². The minimum Gasteiger partial charge on any atom is -0.381 e. The lowest BCUT2D eigenvalue weighted by molar-refractivity contribution is -0.224. The fraction of sp³-hybridized carbons (Fsp3) is 1.00. The van der Waals surface area contributed by atoms with Crippen LogP contribution in [0.25, 0.3) is 0 Å². The first-order chi connectivity index (χ1) is 57.1. The molecular formula is C115H236N4O6. The molecule has 0 N–H and O–H groups in total. The normalized spacial score (nSPS) is 27.0. The summed E-state index contributed by atoms with van der Waals surface area (Å²) >= 11 is 0. The van der Waals surface area contributed by atoms with Crippen LogP contribution in [0.1, 0.15) is 507 Å². The molecule has 3 spiro atoms. The van der Waals surface area contributed by atoms with Gasteiger partial charge in [0.2, 0.25) is 0 Å². The van der Waals surface area contributed by atoms with Gasteiger partial charge in [0, 0.05) is 63.4 Å². The van der Waals surface area contributed by atoms with E-state index in [0.29, 0.717) is 54.3 Å². The van der Waals surface area contributed by atoms with Gasteiger partial charge in [-0.15, -0.1) is 0 Å². The lowest BCUT2D eigenvalue weighted by Gasteiger charge is -2.45. The highest BCUT2D eigenvalue weighted by Gasteiger charge is 2.57. The Balaban J connectivity index is 0.00000134. The van der Waals surface area contributed by atoms with Crippen molar-refractivity contribution in [1.29, 1.82) is 0 Å². The topological polar surface area (TPSA) is 68.3 Å². The predicted octanol–water partition coefficient (Wildman–Crippen LogP) is 33.6. The van der Waals surface area contributed by atoms with Gasteiger partial charge in [0.25, 0.3) is 0 Å². The zero-order valence-electron chi connectivity index (χ0n) is 93.8. The van der Waals surface area contributed by atoms with Crippen molar-refractivity contribution in [3.8, 4) is 0 Å². The van der Waals surface area contributed by atoms with Crippen LogP contribution in [0, 0.1) is 89.7 Å². The Morgan fingerprint density at radius 1 is 0.240 bits per heavy atom. The van der Waals surface area contributed by atoms with E-state index >= 15 is 0 Å². The Hall–Kier alpha value is -0.400. The van der Waals surface area contributed by atoms with Gasteiger partial charge in [0.05, 0.1) is 49.8 Å². The molecule has 0 aromatic carbocycles. The molecule has 10 nitrogen and oxygen atoms in total. The van der Waals surface area contributed by atoms with Gasteiger partial charge in [-0.1, -0.05) is 396 Å². The van der Waals surface area contributed by atoms with Gasteiger partial charge in [-0.2, -0.15) is 0 Å². The number of likely N-dealkylation sites (N-methyl/N-ethyl adjacent to an activating group) is 2. The third kappa shape index (κ3) is 70.0. The lowest BCUT2D eigenvalue weighted by atomic mass is 9.75. The van der Waals surface area contributed by atoms with Gasteiger partial charge in [0.1, 0.15) is 0 Å². The fourth-order valence-corrected chi connectivity index (χ4v) is 17.8. The molecule has 15 aliphatic rings. The smallest absolute Gasteiger partial charge is 0.162 e. The Bertz CT molecular complexity index is 2310. The first kappa shape index (κ1) is 125. The number of nitrogens with zero attached hydrogens (tertiary/aromatic N) is 4. The molecule has 9 saturated heterocycles. The first-order valence-corrected chi connectivity index (χ1v) is 53.6. The molecule has 15 rings (SSSR count). The zero-order chi connectivity index (χ0) is 96.1. The second kappa shape index (κ2) is 60.2. The van der Waals surface area contributed by atoms with E-state index in [9.17, 15) is 0 Å². The third-order valence-corrected chi connectivity index (χ3v) is 25.6. The molecule has 10 heteroatoms. The molecule has 125 heavy (non-hydrogen) atoms. The number of ether oxygens (including phenoxy) is 6. The minimum atomic E-state index is 0.00116. The van der Waals surface area contributed by atoms with Gasteiger partial charge < -0.3 is 43.1 Å². The summed E-state index contributed by atoms with van der Waals surface area (Å²) in [7, 11) is 6.57. The summed E-state index contributed by atoms with van der Waals surface area (Å²) in [4.78, 5) is 9.73. The summed E-state index contributed by atoms with van der Waals surface area (Å²) in [5.41, 5.74) is 5.57. The Morgan fingerprint density at radius 3 is 0.712 bits per heavy atom. The average Bonchev–Trinajstić information content (AvgIpc) is 1.58. The van der Waals surface area contributed by atoms with E-state index in [1.807, 2.05) is 0 Å². The molecule has 752 valence electrons. The molecule has 6 atom stereocenters. The van der Waals surface area contributed by atoms with Gasteiger partial charge in [-0.25, -0.2) is 0 Å². The molecular weight excluding hydrogens is 1530 g/mol. The number of likely N-dealkylation sites (tertiary alicyclic amines) is 4. The molecule has 6 aliphatic carbocycles. The molecule has 15 fully saturated rings. The van der Waals surface area contributed by atoms with E-state index in [-0.39, 0.29) is 28.5 Å². The Kier molecular flexibility index (Phi) is 60.1. The first-order valence-electron chi connectivity index (χ1n) is 53.6. The Labute approximate surface area is 788 Å². The minimum absolute atomic E-state index is 0.00116. The number of hydrogen-bond donors (Lipinski definition) is 0. The third-order valence-electron chi connectivity index (χ3n) is 25.6. The second-order valence-electron chi connectivity index (χ2n) is 56.4. The van der Waals surface area contributed by atoms with Crippen molar-refractivity contribution in [2.75, 3.05) is 120 Å². The van der Waals surface area contributed by atoms with Crippen LogP contribution in [-0.4, -0.2) is 168 Å². The maximum Gasteiger partial charge on any atom is 0.162 e. The molecule has 0 amide bonds. The molecule has 0 aromatic rings. The zero-order valence-corrected chi connectivity index (χ0v) is 93.8. The lowest BCUT2D eigenvalue weighted by Crippen LogP contribution is -2.59. The summed E-state index contributed by atoms with van der Waals surface area (Å²) in [6.45, 7) is 101. The van der Waals surface area contributed by atoms with Crippen molar-refractivity contribution in [2.24, 2.45) is 89.7 Å². The molecule has 9 heterocycles. The van der Waals surface area contributed by atoms with Gasteiger partial charge in [-0.3, -0.25) is 4.90 Å². The van der Waals surface area contributed by atoms with Crippen LogP contribution in [0.2, 0.25) is 0 Å². The Morgan fingerprint density at radius 2 is 0.496 bits per heavy atom. The average molecular weight is 1770 g/mol. The predicted molar refractivity (Wildman–Crippen MR) is 556 cm³/mol. The summed E-state index contributed by atoms with van der Waals surface area (Å²) in [6, 6.07) is 0. The molecule has 0 radical (unpaired) electrons. The van der Waals surface area contributed by atoms with Crippen molar-refractivity contribution in [3.63, 3.8) is 0 Å². The molecule has 9 aliphatic heterocycles. The SMILES string of the molecule is C1CCC1.C1CCCC1.C1CCCCC1.C1CCCCCC1.C1CCOCC1.CC(C)(C)C.CC(C)(C)C.CC(C)(C)C.CC(C)(C)C.CC(C)(C)C.CC(C)(C)C1C2CCCC21.CC(C)(C)C1OCCCO1.CC(C)(C)N1CCCCC1.CN1CC2(CC(C(C)(C)C)CO2)C1.CN1CCC2(CC(C(C)(C)C)CO2)C1.CN1CCC2(CC1)CC(C(C)(C)C)CO2. The quantitative estimate of drug-likeness (QED) is 0.219. The van der Waals surface area contributed by atoms with E-state index in [4.69, 9.17) is 28.4 Å².